The zero-order chi connectivity index (χ0) is 23.4. The number of nitrogens with zero attached hydrogens (tertiary/aromatic N) is 6. The summed E-state index contributed by atoms with van der Waals surface area (Å²) in [6, 6.07) is 9.47. The van der Waals surface area contributed by atoms with Crippen LogP contribution in [-0.2, 0) is 11.3 Å². The molecule has 3 heterocycles. The molecule has 1 aliphatic heterocycles. The molecule has 2 aromatic heterocycles. The molecular weight excluding hydrogens is 440 g/mol. The van der Waals surface area contributed by atoms with E-state index in [1.165, 1.54) is 0 Å². The van der Waals surface area contributed by atoms with Crippen molar-refractivity contribution in [2.24, 2.45) is 0 Å². The van der Waals surface area contributed by atoms with E-state index >= 15 is 0 Å². The number of hydrogen-bond acceptors (Lipinski definition) is 6. The zero-order valence-electron chi connectivity index (χ0n) is 19.0. The first-order valence-electron chi connectivity index (χ1n) is 10.8. The first kappa shape index (κ1) is 22.8. The minimum Gasteiger partial charge on any atom is -0.481 e. The average Bonchev–Trinajstić information content (AvgIpc) is 3.11. The van der Waals surface area contributed by atoms with Gasteiger partial charge in [0.1, 0.15) is 0 Å². The highest BCUT2D eigenvalue weighted by Crippen LogP contribution is 2.21. The summed E-state index contributed by atoms with van der Waals surface area (Å²) in [7, 11) is 1.58. The topological polar surface area (TPSA) is 76.4 Å². The van der Waals surface area contributed by atoms with Crippen LogP contribution in [0.2, 0.25) is 5.02 Å². The molecule has 172 valence electrons. The summed E-state index contributed by atoms with van der Waals surface area (Å²) < 4.78 is 7.10. The van der Waals surface area contributed by atoms with E-state index < -0.39 is 0 Å². The Labute approximate surface area is 198 Å². The minimum atomic E-state index is -0.0149. The third-order valence-electron chi connectivity index (χ3n) is 5.81. The molecule has 0 atom stereocenters. The lowest BCUT2D eigenvalue weighted by Crippen LogP contribution is -2.48. The van der Waals surface area contributed by atoms with Gasteiger partial charge in [0.05, 0.1) is 19.3 Å². The van der Waals surface area contributed by atoms with Gasteiger partial charge in [0, 0.05) is 60.8 Å². The van der Waals surface area contributed by atoms with Gasteiger partial charge in [-0.15, -0.1) is 0 Å². The van der Waals surface area contributed by atoms with Crippen molar-refractivity contribution in [3.63, 3.8) is 0 Å². The number of piperazine rings is 1. The molecule has 1 amide bonds. The second-order valence-corrected chi connectivity index (χ2v) is 8.29. The number of methoxy groups -OCH3 is 1. The zero-order valence-corrected chi connectivity index (χ0v) is 19.8. The molecule has 1 aliphatic rings. The van der Waals surface area contributed by atoms with Crippen LogP contribution in [0.25, 0.3) is 6.08 Å². The Kier molecular flexibility index (Phi) is 6.93. The molecule has 0 radical (unpaired) electrons. The molecule has 0 unspecified atom stereocenters. The second kappa shape index (κ2) is 10.0. The van der Waals surface area contributed by atoms with Crippen molar-refractivity contribution in [2.45, 2.75) is 20.4 Å². The summed E-state index contributed by atoms with van der Waals surface area (Å²) >= 11 is 6.30. The van der Waals surface area contributed by atoms with Gasteiger partial charge in [-0.2, -0.15) is 10.1 Å². The number of halogens is 1. The Balaban J connectivity index is 1.39. The van der Waals surface area contributed by atoms with Gasteiger partial charge in [0.2, 0.25) is 17.7 Å². The monoisotopic (exact) mass is 466 g/mol. The Morgan fingerprint density at radius 1 is 1.15 bits per heavy atom. The van der Waals surface area contributed by atoms with Gasteiger partial charge >= 0.3 is 0 Å². The van der Waals surface area contributed by atoms with E-state index in [-0.39, 0.29) is 5.91 Å². The van der Waals surface area contributed by atoms with E-state index in [9.17, 15) is 4.79 Å². The number of aromatic nitrogens is 4. The lowest BCUT2D eigenvalue weighted by atomic mass is 10.1. The van der Waals surface area contributed by atoms with Crippen LogP contribution in [0.15, 0.2) is 42.6 Å². The van der Waals surface area contributed by atoms with Gasteiger partial charge in [0.25, 0.3) is 0 Å². The largest absolute Gasteiger partial charge is 0.481 e. The Morgan fingerprint density at radius 3 is 2.64 bits per heavy atom. The lowest BCUT2D eigenvalue weighted by Gasteiger charge is -2.34. The van der Waals surface area contributed by atoms with Crippen molar-refractivity contribution >= 4 is 29.5 Å². The molecule has 33 heavy (non-hydrogen) atoms. The quantitative estimate of drug-likeness (QED) is 0.518. The maximum absolute atomic E-state index is 12.8. The molecule has 0 aliphatic carbocycles. The highest BCUT2D eigenvalue weighted by atomic mass is 35.5. The van der Waals surface area contributed by atoms with Crippen LogP contribution < -0.4 is 9.64 Å². The fourth-order valence-corrected chi connectivity index (χ4v) is 4.07. The first-order chi connectivity index (χ1) is 16.0. The predicted molar refractivity (Wildman–Crippen MR) is 129 cm³/mol. The number of hydrogen-bond donors (Lipinski definition) is 0. The maximum Gasteiger partial charge on any atom is 0.246 e. The van der Waals surface area contributed by atoms with Crippen molar-refractivity contribution in [3.05, 3.63) is 70.1 Å². The Morgan fingerprint density at radius 2 is 1.91 bits per heavy atom. The summed E-state index contributed by atoms with van der Waals surface area (Å²) in [6.45, 7) is 7.09. The van der Waals surface area contributed by atoms with Gasteiger partial charge < -0.3 is 14.5 Å². The van der Waals surface area contributed by atoms with Gasteiger partial charge in [-0.3, -0.25) is 9.48 Å². The van der Waals surface area contributed by atoms with E-state index in [2.05, 4.69) is 20.0 Å². The molecule has 8 nitrogen and oxygen atoms in total. The molecule has 0 N–H and O–H groups in total. The first-order valence-corrected chi connectivity index (χ1v) is 11.2. The highest BCUT2D eigenvalue weighted by molar-refractivity contribution is 6.31. The third-order valence-corrected chi connectivity index (χ3v) is 6.18. The molecule has 3 aromatic rings. The Hall–Kier alpha value is -3.39. The fraction of sp³-hybridized carbons (Fsp3) is 0.333. The van der Waals surface area contributed by atoms with Crippen molar-refractivity contribution in [2.75, 3.05) is 38.2 Å². The molecule has 0 spiro atoms. The number of benzene rings is 1. The highest BCUT2D eigenvalue weighted by Gasteiger charge is 2.22. The average molecular weight is 467 g/mol. The van der Waals surface area contributed by atoms with Crippen LogP contribution in [0.5, 0.6) is 5.88 Å². The smallest absolute Gasteiger partial charge is 0.246 e. The van der Waals surface area contributed by atoms with E-state index in [4.69, 9.17) is 16.3 Å². The summed E-state index contributed by atoms with van der Waals surface area (Å²) in [5.41, 5.74) is 3.84. The predicted octanol–water partition coefficient (Wildman–Crippen LogP) is 3.36. The molecule has 0 bridgehead atoms. The number of amides is 1. The number of ether oxygens (including phenoxy) is 1. The van der Waals surface area contributed by atoms with Crippen LogP contribution >= 0.6 is 11.6 Å². The van der Waals surface area contributed by atoms with Crippen LogP contribution in [0, 0.1) is 13.8 Å². The van der Waals surface area contributed by atoms with Crippen molar-refractivity contribution in [1.82, 2.24) is 24.6 Å². The number of rotatable bonds is 6. The molecule has 1 saturated heterocycles. The van der Waals surface area contributed by atoms with Crippen LogP contribution in [-0.4, -0.2) is 63.8 Å². The lowest BCUT2D eigenvalue weighted by molar-refractivity contribution is -0.126. The van der Waals surface area contributed by atoms with E-state index in [1.54, 1.807) is 25.4 Å². The van der Waals surface area contributed by atoms with Gasteiger partial charge in [0.15, 0.2) is 0 Å². The summed E-state index contributed by atoms with van der Waals surface area (Å²) in [5, 5.41) is 5.36. The molecule has 1 fully saturated rings. The van der Waals surface area contributed by atoms with Crippen LogP contribution in [0.4, 0.5) is 5.95 Å². The van der Waals surface area contributed by atoms with Crippen molar-refractivity contribution in [1.29, 1.82) is 0 Å². The van der Waals surface area contributed by atoms with Gasteiger partial charge in [-0.05, 0) is 31.6 Å². The molecule has 9 heteroatoms. The SMILES string of the molecule is COc1ccnc(N2CCN(C(=O)C=Cc3c(C)nn(Cc4ccccc4Cl)c3C)CC2)n1. The number of aryl methyl sites for hydroxylation is 1. The number of anilines is 1. The maximum atomic E-state index is 12.8. The van der Waals surface area contributed by atoms with E-state index in [0.29, 0.717) is 44.6 Å². The standard InChI is InChI=1S/C24H27ClN6O2/c1-17-20(18(2)31(28-17)16-19-6-4-5-7-21(19)25)8-9-23(32)29-12-14-30(15-13-29)24-26-11-10-22(27-24)33-3/h4-11H,12-16H2,1-3H3. The van der Waals surface area contributed by atoms with Crippen LogP contribution in [0.1, 0.15) is 22.5 Å². The summed E-state index contributed by atoms with van der Waals surface area (Å²) in [5.74, 6) is 1.13. The van der Waals surface area contributed by atoms with Crippen molar-refractivity contribution < 1.29 is 9.53 Å². The van der Waals surface area contributed by atoms with Gasteiger partial charge in [-0.25, -0.2) is 4.98 Å². The second-order valence-electron chi connectivity index (χ2n) is 7.88. The molecule has 4 rings (SSSR count). The minimum absolute atomic E-state index is 0.0149. The normalized spacial score (nSPS) is 14.2. The summed E-state index contributed by atoms with van der Waals surface area (Å²) in [6.07, 6.45) is 5.17. The van der Waals surface area contributed by atoms with Crippen molar-refractivity contribution in [3.8, 4) is 5.88 Å². The molecule has 0 saturated carbocycles. The van der Waals surface area contributed by atoms with E-state index in [0.717, 1.165) is 27.5 Å². The third kappa shape index (κ3) is 5.17. The number of carbonyl (C=O) groups is 1. The van der Waals surface area contributed by atoms with Gasteiger partial charge in [-0.1, -0.05) is 29.8 Å². The van der Waals surface area contributed by atoms with E-state index in [1.807, 2.05) is 53.8 Å². The van der Waals surface area contributed by atoms with Crippen LogP contribution in [0.3, 0.4) is 0 Å². The molecule has 1 aromatic carbocycles. The summed E-state index contributed by atoms with van der Waals surface area (Å²) in [4.78, 5) is 25.4. The fourth-order valence-electron chi connectivity index (χ4n) is 3.88. The Bertz CT molecular complexity index is 1170. The molecular formula is C24H27ClN6O2. The number of carbonyl (C=O) groups excluding carboxylic acids is 1.